The van der Waals surface area contributed by atoms with Gasteiger partial charge in [-0.3, -0.25) is 9.59 Å². The van der Waals surface area contributed by atoms with Gasteiger partial charge in [0.15, 0.2) is 0 Å². The molecule has 0 aliphatic carbocycles. The summed E-state index contributed by atoms with van der Waals surface area (Å²) in [6.45, 7) is 7.20. The SMILES string of the molecule is CN1CCCC(C(=O)NC(CCc2ccccc2)C(=O)N2CCC(N3c4ccccc4C(C)(C)C3O)CC2)C1. The topological polar surface area (TPSA) is 76.1 Å². The lowest BCUT2D eigenvalue weighted by Crippen LogP contribution is -2.56. The Bertz CT molecular complexity index is 1150. The lowest BCUT2D eigenvalue weighted by molar-refractivity contribution is -0.139. The van der Waals surface area contributed by atoms with E-state index in [1.807, 2.05) is 35.2 Å². The number of hydrogen-bond acceptors (Lipinski definition) is 5. The number of carbonyl (C=O) groups excluding carboxylic acids is 2. The molecule has 3 atom stereocenters. The fourth-order valence-electron chi connectivity index (χ4n) is 6.73. The second-order valence-electron chi connectivity index (χ2n) is 12.3. The number of para-hydroxylation sites is 1. The van der Waals surface area contributed by atoms with Gasteiger partial charge in [0.05, 0.1) is 5.92 Å². The molecule has 3 unspecified atom stereocenters. The average Bonchev–Trinajstić information content (AvgIpc) is 3.16. The number of aliphatic hydroxyl groups is 1. The Morgan fingerprint density at radius 2 is 1.69 bits per heavy atom. The Hall–Kier alpha value is -2.90. The maximum atomic E-state index is 13.8. The summed E-state index contributed by atoms with van der Waals surface area (Å²) < 4.78 is 0. The van der Waals surface area contributed by atoms with E-state index in [1.54, 1.807) is 0 Å². The zero-order valence-electron chi connectivity index (χ0n) is 23.7. The summed E-state index contributed by atoms with van der Waals surface area (Å²) in [5.41, 5.74) is 3.10. The van der Waals surface area contributed by atoms with Crippen molar-refractivity contribution in [2.45, 2.75) is 76.1 Å². The van der Waals surface area contributed by atoms with Crippen LogP contribution in [0.3, 0.4) is 0 Å². The molecule has 3 aliphatic heterocycles. The van der Waals surface area contributed by atoms with Crippen molar-refractivity contribution >= 4 is 17.5 Å². The molecule has 2 saturated heterocycles. The van der Waals surface area contributed by atoms with Crippen LogP contribution in [0.2, 0.25) is 0 Å². The number of nitrogens with zero attached hydrogens (tertiary/aromatic N) is 3. The van der Waals surface area contributed by atoms with Crippen LogP contribution in [0.4, 0.5) is 5.69 Å². The third-order valence-electron chi connectivity index (χ3n) is 9.13. The lowest BCUT2D eigenvalue weighted by Gasteiger charge is -2.42. The third kappa shape index (κ3) is 5.85. The molecule has 2 aromatic rings. The van der Waals surface area contributed by atoms with E-state index >= 15 is 0 Å². The number of benzene rings is 2. The third-order valence-corrected chi connectivity index (χ3v) is 9.13. The van der Waals surface area contributed by atoms with Gasteiger partial charge in [-0.2, -0.15) is 0 Å². The number of aryl methyl sites for hydroxylation is 1. The normalized spacial score (nSPS) is 24.3. The molecular formula is C32H44N4O3. The summed E-state index contributed by atoms with van der Waals surface area (Å²) in [6.07, 6.45) is 4.20. The predicted molar refractivity (Wildman–Crippen MR) is 154 cm³/mol. The number of rotatable bonds is 7. The minimum Gasteiger partial charge on any atom is -0.373 e. The standard InChI is InChI=1S/C32H44N4O3/c1-32(2)26-13-7-8-14-28(26)36(31(32)39)25-17-20-35(21-18-25)30(38)27(16-15-23-10-5-4-6-11-23)33-29(37)24-12-9-19-34(3)22-24/h4-8,10-11,13-14,24-25,27,31,39H,9,12,15-22H2,1-3H3,(H,33,37). The lowest BCUT2D eigenvalue weighted by atomic mass is 9.85. The van der Waals surface area contributed by atoms with Gasteiger partial charge >= 0.3 is 0 Å². The number of likely N-dealkylation sites (tertiary alicyclic amines) is 2. The highest BCUT2D eigenvalue weighted by atomic mass is 16.3. The van der Waals surface area contributed by atoms with Crippen molar-refractivity contribution in [1.29, 1.82) is 0 Å². The van der Waals surface area contributed by atoms with Crippen molar-refractivity contribution in [2.24, 2.45) is 5.92 Å². The molecular weight excluding hydrogens is 488 g/mol. The van der Waals surface area contributed by atoms with Crippen molar-refractivity contribution in [3.05, 3.63) is 65.7 Å². The van der Waals surface area contributed by atoms with Gasteiger partial charge in [0.1, 0.15) is 12.3 Å². The Labute approximate surface area is 233 Å². The maximum absolute atomic E-state index is 13.8. The summed E-state index contributed by atoms with van der Waals surface area (Å²) in [7, 11) is 2.05. The quantitative estimate of drug-likeness (QED) is 0.571. The minimum atomic E-state index is -0.589. The molecule has 3 heterocycles. The van der Waals surface area contributed by atoms with E-state index in [0.717, 1.165) is 50.9 Å². The fourth-order valence-corrected chi connectivity index (χ4v) is 6.73. The van der Waals surface area contributed by atoms with Crippen molar-refractivity contribution in [2.75, 3.05) is 38.1 Å². The van der Waals surface area contributed by atoms with Crippen LogP contribution in [0.25, 0.3) is 0 Å². The second kappa shape index (κ2) is 11.7. The molecule has 2 amide bonds. The molecule has 3 aliphatic rings. The largest absolute Gasteiger partial charge is 0.373 e. The maximum Gasteiger partial charge on any atom is 0.245 e. The Morgan fingerprint density at radius 3 is 2.41 bits per heavy atom. The number of amides is 2. The van der Waals surface area contributed by atoms with Crippen molar-refractivity contribution in [3.8, 4) is 0 Å². The van der Waals surface area contributed by atoms with E-state index in [1.165, 1.54) is 11.1 Å². The zero-order valence-corrected chi connectivity index (χ0v) is 23.7. The van der Waals surface area contributed by atoms with Crippen molar-refractivity contribution in [3.63, 3.8) is 0 Å². The van der Waals surface area contributed by atoms with Crippen LogP contribution in [0, 0.1) is 5.92 Å². The molecule has 0 saturated carbocycles. The van der Waals surface area contributed by atoms with Gasteiger partial charge in [0.2, 0.25) is 11.8 Å². The van der Waals surface area contributed by atoms with Crippen molar-refractivity contribution < 1.29 is 14.7 Å². The van der Waals surface area contributed by atoms with Crippen LogP contribution in [-0.2, 0) is 21.4 Å². The first-order valence-electron chi connectivity index (χ1n) is 14.6. The molecule has 0 bridgehead atoms. The smallest absolute Gasteiger partial charge is 0.245 e. The van der Waals surface area contributed by atoms with Crippen LogP contribution >= 0.6 is 0 Å². The predicted octanol–water partition coefficient (Wildman–Crippen LogP) is 3.55. The summed E-state index contributed by atoms with van der Waals surface area (Å²) in [5.74, 6) is -0.0481. The Morgan fingerprint density at radius 1 is 1.00 bits per heavy atom. The molecule has 210 valence electrons. The highest BCUT2D eigenvalue weighted by molar-refractivity contribution is 5.88. The molecule has 2 fully saturated rings. The Balaban J connectivity index is 1.25. The van der Waals surface area contributed by atoms with E-state index < -0.39 is 12.3 Å². The number of piperidine rings is 2. The highest BCUT2D eigenvalue weighted by Gasteiger charge is 2.46. The molecule has 7 nitrogen and oxygen atoms in total. The summed E-state index contributed by atoms with van der Waals surface area (Å²) in [4.78, 5) is 33.4. The van der Waals surface area contributed by atoms with Crippen LogP contribution in [0.1, 0.15) is 57.1 Å². The second-order valence-corrected chi connectivity index (χ2v) is 12.3. The zero-order chi connectivity index (χ0) is 27.6. The minimum absolute atomic E-state index is 0.00174. The fraction of sp³-hybridized carbons (Fsp3) is 0.562. The first kappa shape index (κ1) is 27.7. The number of nitrogens with one attached hydrogen (secondary N) is 1. The van der Waals surface area contributed by atoms with Gasteiger partial charge < -0.3 is 25.1 Å². The number of fused-ring (bicyclic) bond motifs is 1. The van der Waals surface area contributed by atoms with Crippen molar-refractivity contribution in [1.82, 2.24) is 15.1 Å². The number of anilines is 1. The molecule has 2 aromatic carbocycles. The van der Waals surface area contributed by atoms with Gasteiger partial charge in [0, 0.05) is 36.8 Å². The van der Waals surface area contributed by atoms with Gasteiger partial charge in [-0.1, -0.05) is 62.4 Å². The monoisotopic (exact) mass is 532 g/mol. The van der Waals surface area contributed by atoms with Crippen LogP contribution in [0.15, 0.2) is 54.6 Å². The molecule has 5 rings (SSSR count). The van der Waals surface area contributed by atoms with Gasteiger partial charge in [0.25, 0.3) is 0 Å². The molecule has 0 aromatic heterocycles. The molecule has 2 N–H and O–H groups in total. The van der Waals surface area contributed by atoms with Crippen LogP contribution in [0.5, 0.6) is 0 Å². The van der Waals surface area contributed by atoms with Gasteiger partial charge in [-0.25, -0.2) is 0 Å². The summed E-state index contributed by atoms with van der Waals surface area (Å²) in [5, 5.41) is 14.4. The van der Waals surface area contributed by atoms with Gasteiger partial charge in [-0.15, -0.1) is 0 Å². The van der Waals surface area contributed by atoms with E-state index in [0.29, 0.717) is 19.5 Å². The molecule has 0 radical (unpaired) electrons. The molecule has 39 heavy (non-hydrogen) atoms. The highest BCUT2D eigenvalue weighted by Crippen LogP contribution is 2.46. The van der Waals surface area contributed by atoms with E-state index in [2.05, 4.69) is 60.3 Å². The van der Waals surface area contributed by atoms with E-state index in [9.17, 15) is 14.7 Å². The average molecular weight is 533 g/mol. The number of aliphatic hydroxyl groups excluding tert-OH is 1. The van der Waals surface area contributed by atoms with Gasteiger partial charge in [-0.05, 0) is 69.3 Å². The first-order valence-corrected chi connectivity index (χ1v) is 14.6. The van der Waals surface area contributed by atoms with Crippen LogP contribution < -0.4 is 10.2 Å². The van der Waals surface area contributed by atoms with Crippen LogP contribution in [-0.4, -0.2) is 78.3 Å². The Kier molecular flexibility index (Phi) is 8.29. The number of hydrogen-bond donors (Lipinski definition) is 2. The summed E-state index contributed by atoms with van der Waals surface area (Å²) >= 11 is 0. The summed E-state index contributed by atoms with van der Waals surface area (Å²) in [6, 6.07) is 18.1. The van der Waals surface area contributed by atoms with E-state index in [-0.39, 0.29) is 29.2 Å². The van der Waals surface area contributed by atoms with E-state index in [4.69, 9.17) is 0 Å². The molecule has 0 spiro atoms. The number of carbonyl (C=O) groups is 2. The molecule has 7 heteroatoms. The first-order chi connectivity index (χ1) is 18.8.